The highest BCUT2D eigenvalue weighted by molar-refractivity contribution is 5.89. The van der Waals surface area contributed by atoms with E-state index in [0.717, 1.165) is 36.9 Å². The lowest BCUT2D eigenvalue weighted by atomic mass is 9.96. The Morgan fingerprint density at radius 1 is 1.23 bits per heavy atom. The minimum atomic E-state index is -0.533. The van der Waals surface area contributed by atoms with Crippen molar-refractivity contribution in [1.82, 2.24) is 20.4 Å². The Balaban J connectivity index is 1.61. The smallest absolute Gasteiger partial charge is 0.410 e. The molecule has 0 atom stereocenters. The molecule has 1 aromatic heterocycles. The van der Waals surface area contributed by atoms with Crippen LogP contribution in [0.15, 0.2) is 0 Å². The van der Waals surface area contributed by atoms with Gasteiger partial charge in [-0.3, -0.25) is 10.4 Å². The van der Waals surface area contributed by atoms with Crippen LogP contribution < -0.4 is 10.6 Å². The van der Waals surface area contributed by atoms with E-state index in [-0.39, 0.29) is 18.2 Å². The zero-order chi connectivity index (χ0) is 18.7. The monoisotopic (exact) mass is 363 g/mol. The predicted molar refractivity (Wildman–Crippen MR) is 98.0 cm³/mol. The van der Waals surface area contributed by atoms with E-state index in [9.17, 15) is 9.59 Å². The molecule has 144 valence electrons. The first-order valence-electron chi connectivity index (χ1n) is 9.43. The minimum absolute atomic E-state index is 0.233. The topological polar surface area (TPSA) is 99.3 Å². The van der Waals surface area contributed by atoms with Gasteiger partial charge in [0.2, 0.25) is 0 Å². The van der Waals surface area contributed by atoms with Crippen LogP contribution in [0.5, 0.6) is 0 Å². The third kappa shape index (κ3) is 4.68. The lowest BCUT2D eigenvalue weighted by molar-refractivity contribution is 0.0224. The fourth-order valence-corrected chi connectivity index (χ4v) is 3.46. The van der Waals surface area contributed by atoms with Crippen LogP contribution in [0.3, 0.4) is 0 Å². The lowest BCUT2D eigenvalue weighted by Gasteiger charge is -2.30. The van der Waals surface area contributed by atoms with Gasteiger partial charge in [0.15, 0.2) is 5.82 Å². The Kier molecular flexibility index (Phi) is 5.38. The van der Waals surface area contributed by atoms with Crippen molar-refractivity contribution in [1.29, 1.82) is 0 Å². The predicted octanol–water partition coefficient (Wildman–Crippen LogP) is 3.16. The molecule has 1 saturated carbocycles. The Bertz CT molecular complexity index is 658. The van der Waals surface area contributed by atoms with Crippen LogP contribution in [0.1, 0.15) is 64.1 Å². The summed E-state index contributed by atoms with van der Waals surface area (Å²) in [5, 5.41) is 13.0. The number of urea groups is 1. The molecule has 1 aliphatic carbocycles. The molecule has 0 unspecified atom stereocenters. The van der Waals surface area contributed by atoms with Crippen LogP contribution in [0, 0.1) is 0 Å². The number of aromatic nitrogens is 2. The number of H-pyrrole nitrogens is 1. The van der Waals surface area contributed by atoms with Crippen molar-refractivity contribution < 1.29 is 14.3 Å². The van der Waals surface area contributed by atoms with Gasteiger partial charge in [0.25, 0.3) is 0 Å². The Hall–Kier alpha value is -2.25. The van der Waals surface area contributed by atoms with Crippen molar-refractivity contribution in [2.24, 2.45) is 0 Å². The molecule has 2 aliphatic rings. The number of ether oxygens (including phenoxy) is 1. The van der Waals surface area contributed by atoms with Gasteiger partial charge in [-0.15, -0.1) is 0 Å². The van der Waals surface area contributed by atoms with Gasteiger partial charge in [0, 0.05) is 30.3 Å². The van der Waals surface area contributed by atoms with Crippen molar-refractivity contribution in [3.63, 3.8) is 0 Å². The molecular weight excluding hydrogens is 334 g/mol. The van der Waals surface area contributed by atoms with Gasteiger partial charge in [-0.25, -0.2) is 9.59 Å². The van der Waals surface area contributed by atoms with Crippen molar-refractivity contribution in [2.45, 2.75) is 77.5 Å². The standard InChI is InChI=1S/C18H29N5O3/c1-18(2,3)26-17(25)23-10-9-14-13(11-23)15(22-21-14)20-16(24)19-12-7-5-4-6-8-12/h12H,4-11H2,1-3H3,(H3,19,20,21,22,24). The Morgan fingerprint density at radius 3 is 2.65 bits per heavy atom. The van der Waals surface area contributed by atoms with Gasteiger partial charge in [0.05, 0.1) is 6.54 Å². The number of nitrogens with one attached hydrogen (secondary N) is 3. The molecule has 1 fully saturated rings. The highest BCUT2D eigenvalue weighted by Gasteiger charge is 2.29. The fraction of sp³-hybridized carbons (Fsp3) is 0.722. The molecule has 26 heavy (non-hydrogen) atoms. The number of fused-ring (bicyclic) bond motifs is 1. The summed E-state index contributed by atoms with van der Waals surface area (Å²) in [6, 6.07) is -0.00243. The third-order valence-electron chi connectivity index (χ3n) is 4.76. The molecule has 1 aliphatic heterocycles. The molecule has 2 heterocycles. The summed E-state index contributed by atoms with van der Waals surface area (Å²) in [6.07, 6.45) is 5.93. The van der Waals surface area contributed by atoms with E-state index in [0.29, 0.717) is 25.3 Å². The second kappa shape index (κ2) is 7.55. The SMILES string of the molecule is CC(C)(C)OC(=O)N1CCc2[nH]nc(NC(=O)NC3CCCCC3)c2C1. The summed E-state index contributed by atoms with van der Waals surface area (Å²) in [6.45, 7) is 6.49. The normalized spacial score (nSPS) is 18.2. The molecule has 0 aromatic carbocycles. The molecule has 8 heteroatoms. The average Bonchev–Trinajstić information content (AvgIpc) is 2.96. The van der Waals surface area contributed by atoms with E-state index in [2.05, 4.69) is 20.8 Å². The first kappa shape index (κ1) is 18.5. The van der Waals surface area contributed by atoms with E-state index >= 15 is 0 Å². The maximum absolute atomic E-state index is 12.3. The molecule has 3 amide bonds. The quantitative estimate of drug-likeness (QED) is 0.751. The van der Waals surface area contributed by atoms with E-state index in [1.165, 1.54) is 6.42 Å². The summed E-state index contributed by atoms with van der Waals surface area (Å²) < 4.78 is 5.45. The number of rotatable bonds is 2. The number of amides is 3. The third-order valence-corrected chi connectivity index (χ3v) is 4.76. The van der Waals surface area contributed by atoms with E-state index < -0.39 is 5.60 Å². The van der Waals surface area contributed by atoms with E-state index in [4.69, 9.17) is 4.74 Å². The van der Waals surface area contributed by atoms with Gasteiger partial charge in [-0.05, 0) is 33.6 Å². The van der Waals surface area contributed by atoms with E-state index in [1.807, 2.05) is 20.8 Å². The van der Waals surface area contributed by atoms with Gasteiger partial charge in [-0.1, -0.05) is 19.3 Å². The number of hydrogen-bond acceptors (Lipinski definition) is 4. The molecule has 3 rings (SSSR count). The zero-order valence-corrected chi connectivity index (χ0v) is 15.9. The van der Waals surface area contributed by atoms with Crippen LogP contribution in [0.25, 0.3) is 0 Å². The maximum Gasteiger partial charge on any atom is 0.410 e. The number of nitrogens with zero attached hydrogens (tertiary/aromatic N) is 2. The summed E-state index contributed by atoms with van der Waals surface area (Å²) in [7, 11) is 0. The molecule has 0 bridgehead atoms. The van der Waals surface area contributed by atoms with Gasteiger partial charge in [0.1, 0.15) is 5.60 Å². The summed E-state index contributed by atoms with van der Waals surface area (Å²) >= 11 is 0. The molecular formula is C18H29N5O3. The number of hydrogen-bond donors (Lipinski definition) is 3. The van der Waals surface area contributed by atoms with Crippen LogP contribution in [-0.2, 0) is 17.7 Å². The van der Waals surface area contributed by atoms with Crippen molar-refractivity contribution in [3.8, 4) is 0 Å². The van der Waals surface area contributed by atoms with E-state index in [1.54, 1.807) is 4.90 Å². The molecule has 0 saturated heterocycles. The van der Waals surface area contributed by atoms with Gasteiger partial charge < -0.3 is 15.0 Å². The average molecular weight is 363 g/mol. The molecule has 8 nitrogen and oxygen atoms in total. The van der Waals surface area contributed by atoms with Crippen molar-refractivity contribution in [3.05, 3.63) is 11.3 Å². The van der Waals surface area contributed by atoms with Crippen molar-refractivity contribution >= 4 is 17.9 Å². The Labute approximate surface area is 154 Å². The summed E-state index contributed by atoms with van der Waals surface area (Å²) in [4.78, 5) is 26.2. The zero-order valence-electron chi connectivity index (χ0n) is 15.9. The molecule has 3 N–H and O–H groups in total. The number of anilines is 1. The molecule has 0 spiro atoms. The highest BCUT2D eigenvalue weighted by Crippen LogP contribution is 2.25. The number of aromatic amines is 1. The second-order valence-electron chi connectivity index (χ2n) is 8.11. The molecule has 0 radical (unpaired) electrons. The first-order chi connectivity index (χ1) is 12.3. The minimum Gasteiger partial charge on any atom is -0.444 e. The lowest BCUT2D eigenvalue weighted by Crippen LogP contribution is -2.41. The summed E-state index contributed by atoms with van der Waals surface area (Å²) in [5.41, 5.74) is 1.27. The highest BCUT2D eigenvalue weighted by atomic mass is 16.6. The van der Waals surface area contributed by atoms with Gasteiger partial charge in [-0.2, -0.15) is 5.10 Å². The van der Waals surface area contributed by atoms with Crippen LogP contribution in [0.2, 0.25) is 0 Å². The van der Waals surface area contributed by atoms with Crippen molar-refractivity contribution in [2.75, 3.05) is 11.9 Å². The largest absolute Gasteiger partial charge is 0.444 e. The van der Waals surface area contributed by atoms with Crippen LogP contribution in [-0.4, -0.2) is 45.4 Å². The maximum atomic E-state index is 12.3. The van der Waals surface area contributed by atoms with Gasteiger partial charge >= 0.3 is 12.1 Å². The first-order valence-corrected chi connectivity index (χ1v) is 9.43. The molecule has 1 aromatic rings. The fourth-order valence-electron chi connectivity index (χ4n) is 3.46. The van der Waals surface area contributed by atoms with Crippen LogP contribution >= 0.6 is 0 Å². The summed E-state index contributed by atoms with van der Waals surface area (Å²) in [5.74, 6) is 0.488. The Morgan fingerprint density at radius 2 is 1.96 bits per heavy atom. The number of carbonyl (C=O) groups is 2. The number of carbonyl (C=O) groups excluding carboxylic acids is 2. The second-order valence-corrected chi connectivity index (χ2v) is 8.11. The van der Waals surface area contributed by atoms with Crippen LogP contribution in [0.4, 0.5) is 15.4 Å².